The van der Waals surface area contributed by atoms with Crippen LogP contribution in [0.25, 0.3) is 0 Å². The number of carbonyl (C=O) groups is 1. The maximum atomic E-state index is 11.5. The third-order valence-corrected chi connectivity index (χ3v) is 6.18. The van der Waals surface area contributed by atoms with Gasteiger partial charge in [-0.2, -0.15) is 0 Å². The average molecular weight is 465 g/mol. The number of nitrogens with one attached hydrogen (secondary N) is 2. The third-order valence-electron chi connectivity index (χ3n) is 5.33. The molecule has 4 rings (SSSR count). The monoisotopic (exact) mass is 464 g/mol. The average Bonchev–Trinajstić information content (AvgIpc) is 2.60. The number of carbonyl (C=O) groups excluding carboxylic acids is 1. The van der Waals surface area contributed by atoms with E-state index in [-0.39, 0.29) is 17.2 Å². The lowest BCUT2D eigenvalue weighted by molar-refractivity contribution is -0.131. The van der Waals surface area contributed by atoms with E-state index in [9.17, 15) is 4.79 Å². The van der Waals surface area contributed by atoms with Gasteiger partial charge in [0.1, 0.15) is 5.75 Å². The van der Waals surface area contributed by atoms with Gasteiger partial charge in [-0.3, -0.25) is 4.79 Å². The molecule has 2 aromatic rings. The summed E-state index contributed by atoms with van der Waals surface area (Å²) >= 11 is 18.5. The number of benzene rings is 2. The van der Waals surface area contributed by atoms with E-state index in [0.29, 0.717) is 33.7 Å². The van der Waals surface area contributed by atoms with Crippen LogP contribution in [0.5, 0.6) is 11.5 Å². The van der Waals surface area contributed by atoms with Gasteiger partial charge in [0.2, 0.25) is 0 Å². The molecule has 0 radical (unpaired) electrons. The normalized spacial score (nSPS) is 24.3. The largest absolute Gasteiger partial charge is 0.468 e. The minimum absolute atomic E-state index is 0.0875. The first-order valence-electron chi connectivity index (χ1n) is 9.63. The van der Waals surface area contributed by atoms with Crippen molar-refractivity contribution in [3.63, 3.8) is 0 Å². The highest BCUT2D eigenvalue weighted by Crippen LogP contribution is 2.50. The van der Waals surface area contributed by atoms with Crippen molar-refractivity contribution in [2.45, 2.75) is 50.8 Å². The Morgan fingerprint density at radius 3 is 2.57 bits per heavy atom. The summed E-state index contributed by atoms with van der Waals surface area (Å²) in [6.07, 6.45) is 1.27. The highest BCUT2D eigenvalue weighted by atomic mass is 35.5. The molecule has 2 atom stereocenters. The highest BCUT2D eigenvalue weighted by Gasteiger charge is 2.49. The van der Waals surface area contributed by atoms with Crippen LogP contribution >= 0.6 is 35.4 Å². The number of thiocarbonyl (C=S) groups is 1. The Hall–Kier alpha value is -2.02. The minimum atomic E-state index is -0.746. The summed E-state index contributed by atoms with van der Waals surface area (Å²) in [5.74, 6) is 0.302. The smallest absolute Gasteiger partial charge is 0.308 e. The Bertz CT molecular complexity index is 1040. The number of rotatable bonds is 2. The third kappa shape index (κ3) is 4.09. The summed E-state index contributed by atoms with van der Waals surface area (Å²) in [7, 11) is 0. The zero-order valence-electron chi connectivity index (χ0n) is 16.8. The topological polar surface area (TPSA) is 59.6 Å². The molecule has 2 aliphatic heterocycles. The van der Waals surface area contributed by atoms with E-state index in [1.54, 1.807) is 12.1 Å². The van der Waals surface area contributed by atoms with Crippen LogP contribution in [-0.4, -0.2) is 22.3 Å². The predicted molar refractivity (Wildman–Crippen MR) is 122 cm³/mol. The van der Waals surface area contributed by atoms with Crippen molar-refractivity contribution in [1.29, 1.82) is 0 Å². The summed E-state index contributed by atoms with van der Waals surface area (Å²) in [5, 5.41) is 8.16. The van der Waals surface area contributed by atoms with Crippen molar-refractivity contribution in [2.75, 3.05) is 0 Å². The molecule has 0 aliphatic carbocycles. The molecule has 2 N–H and O–H groups in total. The van der Waals surface area contributed by atoms with E-state index in [2.05, 4.69) is 24.5 Å². The van der Waals surface area contributed by atoms with Crippen LogP contribution in [-0.2, 0) is 4.79 Å². The first-order chi connectivity index (χ1) is 14.1. The number of ether oxygens (including phenoxy) is 2. The summed E-state index contributed by atoms with van der Waals surface area (Å²) in [6.45, 7) is 5.49. The number of halogens is 2. The van der Waals surface area contributed by atoms with E-state index >= 15 is 0 Å². The highest BCUT2D eigenvalue weighted by molar-refractivity contribution is 7.80. The Morgan fingerprint density at radius 2 is 1.90 bits per heavy atom. The standard InChI is InChI=1S/C22H22Cl2N2O3S/c1-12(27)28-19-9-18-14(8-17(19)24)15(13-6-4-5-7-16(13)23)10-22(29-18)11-21(2,3)25-20(30)26-22/h4-9,15H,10-11H2,1-3H3,(H2,25,26,30)/t15-,22+/m0/s1. The Morgan fingerprint density at radius 1 is 1.17 bits per heavy atom. The molecule has 5 nitrogen and oxygen atoms in total. The second kappa shape index (κ2) is 7.59. The van der Waals surface area contributed by atoms with Gasteiger partial charge >= 0.3 is 5.97 Å². The Balaban J connectivity index is 1.87. The fourth-order valence-electron chi connectivity index (χ4n) is 4.40. The molecule has 8 heteroatoms. The van der Waals surface area contributed by atoms with Crippen LogP contribution in [0.2, 0.25) is 10.0 Å². The van der Waals surface area contributed by atoms with Crippen molar-refractivity contribution in [1.82, 2.24) is 10.6 Å². The lowest BCUT2D eigenvalue weighted by Gasteiger charge is -2.50. The van der Waals surface area contributed by atoms with E-state index in [4.69, 9.17) is 44.9 Å². The molecule has 1 saturated heterocycles. The van der Waals surface area contributed by atoms with Crippen molar-refractivity contribution < 1.29 is 14.3 Å². The van der Waals surface area contributed by atoms with E-state index in [1.807, 2.05) is 24.3 Å². The molecule has 0 bridgehead atoms. The molecule has 2 heterocycles. The fourth-order valence-corrected chi connectivity index (χ4v) is 5.34. The van der Waals surface area contributed by atoms with Crippen molar-refractivity contribution in [2.24, 2.45) is 0 Å². The lowest BCUT2D eigenvalue weighted by Crippen LogP contribution is -2.69. The number of hydrogen-bond donors (Lipinski definition) is 2. The van der Waals surface area contributed by atoms with Crippen molar-refractivity contribution >= 4 is 46.5 Å². The van der Waals surface area contributed by atoms with Crippen LogP contribution in [0.1, 0.15) is 50.7 Å². The molecular formula is C22H22Cl2N2O3S. The quantitative estimate of drug-likeness (QED) is 0.362. The Kier molecular flexibility index (Phi) is 5.37. The van der Waals surface area contributed by atoms with Crippen LogP contribution < -0.4 is 20.1 Å². The number of esters is 1. The van der Waals surface area contributed by atoms with Crippen molar-refractivity contribution in [3.8, 4) is 11.5 Å². The molecule has 1 spiro atoms. The molecule has 30 heavy (non-hydrogen) atoms. The number of hydrogen-bond acceptors (Lipinski definition) is 4. The van der Waals surface area contributed by atoms with Gasteiger partial charge in [-0.1, -0.05) is 41.4 Å². The van der Waals surface area contributed by atoms with Gasteiger partial charge < -0.3 is 20.1 Å². The summed E-state index contributed by atoms with van der Waals surface area (Å²) in [4.78, 5) is 11.5. The molecule has 2 aliphatic rings. The maximum absolute atomic E-state index is 11.5. The van der Waals surface area contributed by atoms with Gasteiger partial charge in [-0.25, -0.2) is 0 Å². The van der Waals surface area contributed by atoms with Gasteiger partial charge in [0.15, 0.2) is 16.6 Å². The molecule has 0 aromatic heterocycles. The second-order valence-corrected chi connectivity index (χ2v) is 9.65. The summed E-state index contributed by atoms with van der Waals surface area (Å²) < 4.78 is 11.8. The molecule has 0 amide bonds. The van der Waals surface area contributed by atoms with Gasteiger partial charge in [0, 0.05) is 47.9 Å². The predicted octanol–water partition coefficient (Wildman–Crippen LogP) is 5.18. The molecule has 2 aromatic carbocycles. The molecule has 158 valence electrons. The van der Waals surface area contributed by atoms with Gasteiger partial charge in [-0.15, -0.1) is 0 Å². The van der Waals surface area contributed by atoms with Gasteiger partial charge in [-0.05, 0) is 43.8 Å². The first kappa shape index (κ1) is 21.2. The van der Waals surface area contributed by atoms with Crippen LogP contribution in [0.3, 0.4) is 0 Å². The van der Waals surface area contributed by atoms with Gasteiger partial charge in [0.25, 0.3) is 0 Å². The van der Waals surface area contributed by atoms with Gasteiger partial charge in [0.05, 0.1) is 5.02 Å². The zero-order chi connectivity index (χ0) is 21.7. The zero-order valence-corrected chi connectivity index (χ0v) is 19.2. The van der Waals surface area contributed by atoms with E-state index < -0.39 is 11.7 Å². The lowest BCUT2D eigenvalue weighted by atomic mass is 9.77. The molecular weight excluding hydrogens is 443 g/mol. The minimum Gasteiger partial charge on any atom is -0.468 e. The number of fused-ring (bicyclic) bond motifs is 1. The van der Waals surface area contributed by atoms with E-state index in [1.165, 1.54) is 6.92 Å². The summed E-state index contributed by atoms with van der Waals surface area (Å²) in [5.41, 5.74) is 0.849. The SMILES string of the molecule is CC(=O)Oc1cc2c(cc1Cl)[C@H](c1ccccc1Cl)C[C@]1(CC(C)(C)NC(=S)N1)O2. The fraction of sp³-hybridized carbons (Fsp3) is 0.364. The second-order valence-electron chi connectivity index (χ2n) is 8.43. The van der Waals surface area contributed by atoms with Crippen LogP contribution in [0, 0.1) is 0 Å². The van der Waals surface area contributed by atoms with Crippen molar-refractivity contribution in [3.05, 3.63) is 57.6 Å². The maximum Gasteiger partial charge on any atom is 0.308 e. The molecule has 0 unspecified atom stereocenters. The molecule has 0 saturated carbocycles. The molecule has 1 fully saturated rings. The van der Waals surface area contributed by atoms with Crippen LogP contribution in [0.15, 0.2) is 36.4 Å². The first-order valence-corrected chi connectivity index (χ1v) is 10.8. The summed E-state index contributed by atoms with van der Waals surface area (Å²) in [6, 6.07) is 11.2. The Labute approximate surface area is 191 Å². The van der Waals surface area contributed by atoms with Crippen LogP contribution in [0.4, 0.5) is 0 Å². The van der Waals surface area contributed by atoms with E-state index in [0.717, 1.165) is 11.1 Å².